The topological polar surface area (TPSA) is 103 Å². The van der Waals surface area contributed by atoms with Gasteiger partial charge < -0.3 is 15.4 Å². The van der Waals surface area contributed by atoms with Crippen LogP contribution >= 0.6 is 0 Å². The fraction of sp³-hybridized carbons (Fsp3) is 0.467. The lowest BCUT2D eigenvalue weighted by Crippen LogP contribution is -2.48. The molecule has 1 amide bonds. The van der Waals surface area contributed by atoms with Gasteiger partial charge in [-0.05, 0) is 37.9 Å². The summed E-state index contributed by atoms with van der Waals surface area (Å²) >= 11 is 0. The molecule has 0 unspecified atom stereocenters. The molecule has 1 atom stereocenters. The van der Waals surface area contributed by atoms with Crippen molar-refractivity contribution in [1.82, 2.24) is 19.7 Å². The second kappa shape index (κ2) is 5.31. The Morgan fingerprint density at radius 2 is 2.09 bits per heavy atom. The quantitative estimate of drug-likeness (QED) is 0.653. The molecule has 2 N–H and O–H groups in total. The van der Waals surface area contributed by atoms with Crippen molar-refractivity contribution >= 4 is 23.0 Å². The average Bonchev–Trinajstić information content (AvgIpc) is 2.95. The number of esters is 1. The Hall–Kier alpha value is -2.48. The van der Waals surface area contributed by atoms with Crippen molar-refractivity contribution in [2.75, 3.05) is 19.6 Å². The Kier molecular flexibility index (Phi) is 3.26. The third-order valence-corrected chi connectivity index (χ3v) is 4.83. The number of amides is 1. The van der Waals surface area contributed by atoms with E-state index in [4.69, 9.17) is 5.73 Å². The molecule has 3 aliphatic heterocycles. The Morgan fingerprint density at radius 3 is 2.74 bits per heavy atom. The molecule has 0 aromatic carbocycles. The lowest BCUT2D eigenvalue weighted by molar-refractivity contribution is 0.0518. The van der Waals surface area contributed by atoms with E-state index in [-0.39, 0.29) is 11.7 Å². The lowest BCUT2D eigenvalue weighted by atomic mass is 9.84. The fourth-order valence-corrected chi connectivity index (χ4v) is 3.74. The molecular formula is C15H17N5O3. The summed E-state index contributed by atoms with van der Waals surface area (Å²) in [6, 6.07) is 1.91. The molecule has 3 aliphatic rings. The van der Waals surface area contributed by atoms with Gasteiger partial charge in [-0.3, -0.25) is 9.67 Å². The predicted molar refractivity (Wildman–Crippen MR) is 80.7 cm³/mol. The summed E-state index contributed by atoms with van der Waals surface area (Å²) in [7, 11) is 0. The zero-order chi connectivity index (χ0) is 16.0. The number of rotatable bonds is 2. The highest BCUT2D eigenvalue weighted by molar-refractivity contribution is 6.04. The van der Waals surface area contributed by atoms with E-state index in [0.717, 1.165) is 38.0 Å². The fourth-order valence-electron chi connectivity index (χ4n) is 3.74. The first-order valence-corrected chi connectivity index (χ1v) is 7.69. The highest BCUT2D eigenvalue weighted by atomic mass is 16.6. The van der Waals surface area contributed by atoms with E-state index < -0.39 is 12.1 Å². The molecule has 2 bridgehead atoms. The molecule has 0 saturated carbocycles. The molecule has 120 valence electrons. The van der Waals surface area contributed by atoms with Crippen LogP contribution in [0.5, 0.6) is 0 Å². The van der Waals surface area contributed by atoms with Crippen molar-refractivity contribution in [3.63, 3.8) is 0 Å². The SMILES string of the molecule is NC(=O)OC(=O)c1nn([C@@H]2CN3CCC2CC3)c2cnccc12. The summed E-state index contributed by atoms with van der Waals surface area (Å²) in [5.41, 5.74) is 5.83. The van der Waals surface area contributed by atoms with Crippen molar-refractivity contribution in [3.8, 4) is 0 Å². The van der Waals surface area contributed by atoms with E-state index >= 15 is 0 Å². The zero-order valence-electron chi connectivity index (χ0n) is 12.5. The van der Waals surface area contributed by atoms with Gasteiger partial charge in [-0.2, -0.15) is 5.10 Å². The summed E-state index contributed by atoms with van der Waals surface area (Å²) in [6.45, 7) is 3.16. The Morgan fingerprint density at radius 1 is 1.30 bits per heavy atom. The minimum Gasteiger partial charge on any atom is -0.371 e. The average molecular weight is 315 g/mol. The third kappa shape index (κ3) is 2.35. The first-order valence-electron chi connectivity index (χ1n) is 7.69. The van der Waals surface area contributed by atoms with E-state index in [0.29, 0.717) is 11.3 Å². The number of hydrogen-bond donors (Lipinski definition) is 1. The first kappa shape index (κ1) is 14.1. The number of nitrogens with two attached hydrogens (primary N) is 1. The molecule has 3 saturated heterocycles. The highest BCUT2D eigenvalue weighted by Crippen LogP contribution is 2.37. The van der Waals surface area contributed by atoms with Crippen LogP contribution in [0.2, 0.25) is 0 Å². The number of pyridine rings is 1. The number of nitrogens with zero attached hydrogens (tertiary/aromatic N) is 4. The van der Waals surface area contributed by atoms with E-state index in [2.05, 4.69) is 19.7 Å². The maximum atomic E-state index is 12.1. The van der Waals surface area contributed by atoms with Gasteiger partial charge in [-0.15, -0.1) is 0 Å². The maximum Gasteiger partial charge on any atom is 0.412 e. The molecule has 8 heteroatoms. The van der Waals surface area contributed by atoms with Gasteiger partial charge in [0.05, 0.1) is 17.8 Å². The molecule has 5 heterocycles. The van der Waals surface area contributed by atoms with Crippen LogP contribution in [0.25, 0.3) is 10.9 Å². The van der Waals surface area contributed by atoms with Gasteiger partial charge in [-0.1, -0.05) is 0 Å². The van der Waals surface area contributed by atoms with Crippen molar-refractivity contribution in [1.29, 1.82) is 0 Å². The molecule has 0 spiro atoms. The standard InChI is InChI=1S/C15H17N5O3/c16-15(22)23-14(21)13-10-1-4-17-7-11(10)20(18-13)12-8-19-5-2-9(12)3-6-19/h1,4,7,9,12H,2-3,5-6,8H2,(H2,16,22)/t12-/m1/s1. The minimum absolute atomic E-state index is 0.109. The molecular weight excluding hydrogens is 298 g/mol. The van der Waals surface area contributed by atoms with Crippen molar-refractivity contribution in [2.45, 2.75) is 18.9 Å². The Labute approximate surface area is 132 Å². The van der Waals surface area contributed by atoms with Crippen LogP contribution < -0.4 is 5.73 Å². The number of primary amides is 1. The van der Waals surface area contributed by atoms with E-state index in [1.165, 1.54) is 0 Å². The van der Waals surface area contributed by atoms with Gasteiger partial charge in [0, 0.05) is 18.1 Å². The van der Waals surface area contributed by atoms with Gasteiger partial charge >= 0.3 is 12.1 Å². The molecule has 0 aliphatic carbocycles. The molecule has 8 nitrogen and oxygen atoms in total. The van der Waals surface area contributed by atoms with E-state index in [1.807, 2.05) is 4.68 Å². The van der Waals surface area contributed by atoms with E-state index in [1.54, 1.807) is 18.5 Å². The van der Waals surface area contributed by atoms with Crippen LogP contribution in [0.3, 0.4) is 0 Å². The zero-order valence-corrected chi connectivity index (χ0v) is 12.5. The van der Waals surface area contributed by atoms with Crippen LogP contribution in [0.15, 0.2) is 18.5 Å². The van der Waals surface area contributed by atoms with Gasteiger partial charge in [0.25, 0.3) is 0 Å². The van der Waals surface area contributed by atoms with Crippen molar-refractivity contribution in [3.05, 3.63) is 24.2 Å². The minimum atomic E-state index is -1.13. The van der Waals surface area contributed by atoms with Crippen molar-refractivity contribution < 1.29 is 14.3 Å². The summed E-state index contributed by atoms with van der Waals surface area (Å²) in [4.78, 5) is 29.5. The molecule has 2 aromatic rings. The lowest BCUT2D eigenvalue weighted by Gasteiger charge is -2.44. The number of carbonyl (C=O) groups excluding carboxylic acids is 2. The summed E-state index contributed by atoms with van der Waals surface area (Å²) < 4.78 is 6.37. The number of carbonyl (C=O) groups is 2. The summed E-state index contributed by atoms with van der Waals surface area (Å²) in [5.74, 6) is -0.281. The molecule has 0 radical (unpaired) electrons. The van der Waals surface area contributed by atoms with Crippen LogP contribution in [0.1, 0.15) is 29.4 Å². The summed E-state index contributed by atoms with van der Waals surface area (Å²) in [5, 5.41) is 5.08. The van der Waals surface area contributed by atoms with Gasteiger partial charge in [0.2, 0.25) is 0 Å². The first-order chi connectivity index (χ1) is 11.1. The van der Waals surface area contributed by atoms with Gasteiger partial charge in [-0.25, -0.2) is 9.59 Å². The van der Waals surface area contributed by atoms with Crippen LogP contribution in [-0.4, -0.2) is 51.4 Å². The van der Waals surface area contributed by atoms with Crippen LogP contribution in [-0.2, 0) is 4.74 Å². The number of fused-ring (bicyclic) bond motifs is 4. The Bertz CT molecular complexity index is 779. The third-order valence-electron chi connectivity index (χ3n) is 4.83. The molecule has 3 fully saturated rings. The number of piperidine rings is 3. The largest absolute Gasteiger partial charge is 0.412 e. The number of hydrogen-bond acceptors (Lipinski definition) is 6. The molecule has 23 heavy (non-hydrogen) atoms. The molecule has 5 rings (SSSR count). The van der Waals surface area contributed by atoms with Gasteiger partial charge in [0.15, 0.2) is 5.69 Å². The maximum absolute atomic E-state index is 12.1. The number of ether oxygens (including phenoxy) is 1. The van der Waals surface area contributed by atoms with Gasteiger partial charge in [0.1, 0.15) is 0 Å². The van der Waals surface area contributed by atoms with Crippen LogP contribution in [0.4, 0.5) is 4.79 Å². The second-order valence-corrected chi connectivity index (χ2v) is 6.10. The monoisotopic (exact) mass is 315 g/mol. The highest BCUT2D eigenvalue weighted by Gasteiger charge is 2.37. The number of aromatic nitrogens is 3. The second-order valence-electron chi connectivity index (χ2n) is 6.10. The molecule has 2 aromatic heterocycles. The Balaban J connectivity index is 1.78. The van der Waals surface area contributed by atoms with Crippen molar-refractivity contribution in [2.24, 2.45) is 11.7 Å². The normalized spacial score (nSPS) is 26.3. The van der Waals surface area contributed by atoms with Crippen LogP contribution in [0, 0.1) is 5.92 Å². The predicted octanol–water partition coefficient (Wildman–Crippen LogP) is 0.933. The smallest absolute Gasteiger partial charge is 0.371 e. The summed E-state index contributed by atoms with van der Waals surface area (Å²) in [6.07, 6.45) is 4.42. The van der Waals surface area contributed by atoms with E-state index in [9.17, 15) is 9.59 Å².